The van der Waals surface area contributed by atoms with Crippen LogP contribution in [0.1, 0.15) is 0 Å². The number of nitrogens with two attached hydrogens (primary N) is 1. The van der Waals surface area contributed by atoms with Crippen molar-refractivity contribution in [3.05, 3.63) is 12.2 Å². The van der Waals surface area contributed by atoms with Crippen LogP contribution in [0.5, 0.6) is 0 Å². The van der Waals surface area contributed by atoms with Crippen molar-refractivity contribution in [1.82, 2.24) is 4.90 Å². The Kier molecular flexibility index (Phi) is 4.04. The van der Waals surface area contributed by atoms with Crippen molar-refractivity contribution in [2.24, 2.45) is 5.73 Å². The normalized spacial score (nSPS) is 24.6. The highest BCUT2D eigenvalue weighted by Gasteiger charge is 2.26. The monoisotopic (exact) mass is 234 g/mol. The molecule has 7 heteroatoms. The Morgan fingerprint density at radius 3 is 2.67 bits per heavy atom. The van der Waals surface area contributed by atoms with Crippen LogP contribution in [0.15, 0.2) is 12.2 Å². The molecule has 1 aliphatic heterocycles. The molecular weight excluding hydrogens is 219 g/mol. The molecule has 4 N–H and O–H groups in total. The molecule has 1 aliphatic rings. The molecule has 0 spiro atoms. The van der Waals surface area contributed by atoms with Gasteiger partial charge in [0.15, 0.2) is 0 Å². The van der Waals surface area contributed by atoms with Crippen molar-refractivity contribution in [2.75, 3.05) is 25.4 Å². The van der Waals surface area contributed by atoms with E-state index < -0.39 is 13.6 Å². The van der Waals surface area contributed by atoms with Crippen molar-refractivity contribution in [2.45, 2.75) is 6.23 Å². The summed E-state index contributed by atoms with van der Waals surface area (Å²) in [6, 6.07) is 0. The summed E-state index contributed by atoms with van der Waals surface area (Å²) < 4.78 is 11.4. The minimum atomic E-state index is -3.26. The van der Waals surface area contributed by atoms with E-state index in [4.69, 9.17) is 5.73 Å². The lowest BCUT2D eigenvalue weighted by molar-refractivity contribution is -0.130. The summed E-state index contributed by atoms with van der Waals surface area (Å²) in [6.45, 7) is 0.212. The van der Waals surface area contributed by atoms with Gasteiger partial charge in [0, 0.05) is 31.5 Å². The minimum absolute atomic E-state index is 0.0331. The van der Waals surface area contributed by atoms with E-state index in [0.29, 0.717) is 0 Å². The molecule has 0 aliphatic carbocycles. The molecule has 0 aromatic carbocycles. The molecule has 15 heavy (non-hydrogen) atoms. The van der Waals surface area contributed by atoms with Crippen LogP contribution in [0.4, 0.5) is 0 Å². The Hall–Kier alpha value is -0.680. The molecule has 0 saturated carbocycles. The number of carbonyl (C=O) groups is 1. The maximum Gasteiger partial charge on any atom is 0.248 e. The van der Waals surface area contributed by atoms with E-state index in [2.05, 4.69) is 0 Å². The number of hydrogen-bond acceptors (Lipinski definition) is 4. The van der Waals surface area contributed by atoms with Gasteiger partial charge in [0.05, 0.1) is 0 Å². The molecule has 0 aromatic heterocycles. The molecule has 0 aromatic rings. The predicted octanol–water partition coefficient (Wildman–Crippen LogP) is -1.07. The van der Waals surface area contributed by atoms with Gasteiger partial charge in [-0.05, 0) is 6.08 Å². The van der Waals surface area contributed by atoms with Gasteiger partial charge in [-0.1, -0.05) is 0 Å². The summed E-state index contributed by atoms with van der Waals surface area (Å²) >= 11 is 0. The average Bonchev–Trinajstić information content (AvgIpc) is 2.44. The van der Waals surface area contributed by atoms with Gasteiger partial charge in [0.2, 0.25) is 13.3 Å². The lowest BCUT2D eigenvalue weighted by Gasteiger charge is -2.21. The van der Waals surface area contributed by atoms with Crippen LogP contribution in [0.25, 0.3) is 0 Å². The van der Waals surface area contributed by atoms with Gasteiger partial charge >= 0.3 is 0 Å². The van der Waals surface area contributed by atoms with E-state index in [1.807, 2.05) is 0 Å². The summed E-state index contributed by atoms with van der Waals surface area (Å²) in [6.07, 6.45) is 1.62. The van der Waals surface area contributed by atoms with Crippen molar-refractivity contribution >= 4 is 13.3 Å². The third-order valence-electron chi connectivity index (χ3n) is 2.18. The third kappa shape index (κ3) is 3.43. The Morgan fingerprint density at radius 1 is 1.53 bits per heavy atom. The largest absolute Gasteiger partial charge is 0.370 e. The number of aliphatic hydroxyl groups excluding tert-OH is 1. The average molecular weight is 234 g/mol. The van der Waals surface area contributed by atoms with E-state index in [1.54, 1.807) is 0 Å². The zero-order chi connectivity index (χ0) is 11.5. The van der Waals surface area contributed by atoms with Gasteiger partial charge in [-0.15, -0.1) is 0 Å². The molecule has 86 valence electrons. The quantitative estimate of drug-likeness (QED) is 0.525. The first-order valence-corrected chi connectivity index (χ1v) is 6.67. The number of amides is 1. The number of hydrogen-bond donors (Lipinski definition) is 3. The summed E-state index contributed by atoms with van der Waals surface area (Å²) in [5.74, 6) is -0.338. The molecule has 0 fully saturated rings. The fourth-order valence-corrected chi connectivity index (χ4v) is 2.47. The molecule has 1 rings (SSSR count). The summed E-state index contributed by atoms with van der Waals surface area (Å²) in [5.41, 5.74) is 5.18. The van der Waals surface area contributed by atoms with Gasteiger partial charge in [-0.25, -0.2) is 0 Å². The Morgan fingerprint density at radius 2 is 2.20 bits per heavy atom. The molecule has 2 atom stereocenters. The lowest BCUT2D eigenvalue weighted by atomic mass is 10.5. The third-order valence-corrected chi connectivity index (χ3v) is 4.04. The maximum atomic E-state index is 11.4. The fourth-order valence-electron chi connectivity index (χ4n) is 1.32. The number of carbonyl (C=O) groups excluding carboxylic acids is 1. The highest BCUT2D eigenvalue weighted by atomic mass is 31.2. The lowest BCUT2D eigenvalue weighted by Crippen LogP contribution is -2.36. The first-order chi connectivity index (χ1) is 6.96. The van der Waals surface area contributed by atoms with Gasteiger partial charge in [0.25, 0.3) is 0 Å². The van der Waals surface area contributed by atoms with Crippen LogP contribution in [0.2, 0.25) is 0 Å². The van der Waals surface area contributed by atoms with Crippen molar-refractivity contribution in [3.63, 3.8) is 0 Å². The number of rotatable bonds is 5. The van der Waals surface area contributed by atoms with Crippen LogP contribution in [-0.4, -0.2) is 52.4 Å². The maximum absolute atomic E-state index is 11.4. The van der Waals surface area contributed by atoms with Crippen LogP contribution >= 0.6 is 7.37 Å². The van der Waals surface area contributed by atoms with Crippen LogP contribution < -0.4 is 5.73 Å². The zero-order valence-corrected chi connectivity index (χ0v) is 9.14. The molecular formula is C8H15N2O4P. The highest BCUT2D eigenvalue weighted by Crippen LogP contribution is 2.39. The second kappa shape index (κ2) is 4.90. The van der Waals surface area contributed by atoms with E-state index in [1.165, 1.54) is 12.2 Å². The van der Waals surface area contributed by atoms with Crippen molar-refractivity contribution < 1.29 is 19.4 Å². The number of aliphatic hydroxyl groups is 1. The van der Waals surface area contributed by atoms with Gasteiger partial charge in [-0.3, -0.25) is 9.36 Å². The highest BCUT2D eigenvalue weighted by molar-refractivity contribution is 7.58. The Balaban J connectivity index is 2.44. The first kappa shape index (κ1) is 12.4. The summed E-state index contributed by atoms with van der Waals surface area (Å²) in [5, 5.41) is 9.31. The summed E-state index contributed by atoms with van der Waals surface area (Å²) in [7, 11) is -3.26. The zero-order valence-electron chi connectivity index (χ0n) is 8.24. The second-order valence-corrected chi connectivity index (χ2v) is 5.97. The molecule has 0 radical (unpaired) electrons. The van der Waals surface area contributed by atoms with Crippen molar-refractivity contribution in [3.8, 4) is 0 Å². The van der Waals surface area contributed by atoms with Crippen LogP contribution in [-0.2, 0) is 9.36 Å². The predicted molar refractivity (Wildman–Crippen MR) is 55.5 cm³/mol. The van der Waals surface area contributed by atoms with Gasteiger partial charge < -0.3 is 20.6 Å². The van der Waals surface area contributed by atoms with Crippen LogP contribution in [0, 0.1) is 0 Å². The Bertz CT molecular complexity index is 318. The molecule has 0 saturated heterocycles. The topological polar surface area (TPSA) is 104 Å². The number of nitrogens with zero attached hydrogens (tertiary/aromatic N) is 1. The fraction of sp³-hybridized carbons (Fsp3) is 0.625. The van der Waals surface area contributed by atoms with E-state index in [-0.39, 0.29) is 31.3 Å². The standard InChI is InChI=1S/C8H15N2O4P/c9-3-5-15(13,14)6-4-10-7(11)1-2-8(10)12/h1-2,7,11H,3-6,9H2,(H,13,14). The van der Waals surface area contributed by atoms with Crippen molar-refractivity contribution in [1.29, 1.82) is 0 Å². The molecule has 1 amide bonds. The molecule has 2 unspecified atom stereocenters. The first-order valence-electron chi connectivity index (χ1n) is 4.64. The van der Waals surface area contributed by atoms with E-state index >= 15 is 0 Å². The SMILES string of the molecule is NCCP(=O)(O)CCN1C(=O)C=CC1O. The molecule has 0 bridgehead atoms. The molecule has 1 heterocycles. The minimum Gasteiger partial charge on any atom is -0.370 e. The second-order valence-electron chi connectivity index (χ2n) is 3.39. The van der Waals surface area contributed by atoms with Crippen LogP contribution in [0.3, 0.4) is 0 Å². The summed E-state index contributed by atoms with van der Waals surface area (Å²) in [4.78, 5) is 21.7. The van der Waals surface area contributed by atoms with E-state index in [9.17, 15) is 19.4 Å². The van der Waals surface area contributed by atoms with Gasteiger partial charge in [0.1, 0.15) is 6.23 Å². The molecule has 6 nitrogen and oxygen atoms in total. The van der Waals surface area contributed by atoms with Gasteiger partial charge in [-0.2, -0.15) is 0 Å². The smallest absolute Gasteiger partial charge is 0.248 e. The van der Waals surface area contributed by atoms with E-state index in [0.717, 1.165) is 4.90 Å². The Labute approximate surface area is 87.8 Å².